The van der Waals surface area contributed by atoms with Gasteiger partial charge < -0.3 is 10.4 Å². The molecule has 0 unspecified atom stereocenters. The van der Waals surface area contributed by atoms with Crippen LogP contribution in [0.5, 0.6) is 0 Å². The molecule has 0 fully saturated rings. The number of aromatic nitrogens is 1. The molecule has 0 spiro atoms. The van der Waals surface area contributed by atoms with Crippen molar-refractivity contribution in [3.05, 3.63) is 70.4 Å². The Balaban J connectivity index is 1.91. The van der Waals surface area contributed by atoms with Gasteiger partial charge in [-0.25, -0.2) is 4.79 Å². The van der Waals surface area contributed by atoms with Crippen molar-refractivity contribution >= 4 is 34.3 Å². The number of carboxylic acid groups (broad SMARTS) is 1. The van der Waals surface area contributed by atoms with Gasteiger partial charge in [0.1, 0.15) is 5.56 Å². The number of hydrogen-bond donors (Lipinski definition) is 2. The van der Waals surface area contributed by atoms with Gasteiger partial charge in [0.05, 0.1) is 10.4 Å². The maximum Gasteiger partial charge on any atom is 0.415 e. The largest absolute Gasteiger partial charge is 0.464 e. The number of nitro groups is 1. The van der Waals surface area contributed by atoms with Gasteiger partial charge in [-0.2, -0.15) is 0 Å². The van der Waals surface area contributed by atoms with E-state index in [1.165, 1.54) is 36.5 Å². The smallest absolute Gasteiger partial charge is 0.415 e. The van der Waals surface area contributed by atoms with Crippen LogP contribution in [-0.4, -0.2) is 26.6 Å². The first kappa shape index (κ1) is 15.2. The maximum atomic E-state index is 12.3. The van der Waals surface area contributed by atoms with Crippen LogP contribution in [0.25, 0.3) is 10.9 Å². The summed E-state index contributed by atoms with van der Waals surface area (Å²) in [5.74, 6) is -0.612. The topological polar surface area (TPSA) is 114 Å². The van der Waals surface area contributed by atoms with Gasteiger partial charge in [-0.3, -0.25) is 19.5 Å². The van der Waals surface area contributed by atoms with E-state index in [4.69, 9.17) is 5.11 Å². The quantitative estimate of drug-likeness (QED) is 0.566. The van der Waals surface area contributed by atoms with Crippen molar-refractivity contribution in [2.45, 2.75) is 0 Å². The Labute approximate surface area is 135 Å². The summed E-state index contributed by atoms with van der Waals surface area (Å²) < 4.78 is 1.06. The highest BCUT2D eigenvalue weighted by Crippen LogP contribution is 2.23. The fraction of sp³-hybridized carbons (Fsp3) is 0. The lowest BCUT2D eigenvalue weighted by Crippen LogP contribution is -2.13. The van der Waals surface area contributed by atoms with Gasteiger partial charge in [0.15, 0.2) is 0 Å². The van der Waals surface area contributed by atoms with E-state index in [0.29, 0.717) is 16.6 Å². The molecule has 3 aromatic rings. The molecule has 0 saturated heterocycles. The van der Waals surface area contributed by atoms with Crippen molar-refractivity contribution in [1.29, 1.82) is 0 Å². The number of amides is 1. The lowest BCUT2D eigenvalue weighted by molar-refractivity contribution is -0.385. The van der Waals surface area contributed by atoms with E-state index < -0.39 is 16.9 Å². The SMILES string of the molecule is O=C(Nc1ccc2c(ccn2C(=O)O)c1)c1ccccc1[N+](=O)[O-]. The molecule has 0 bridgehead atoms. The Morgan fingerprint density at radius 2 is 1.88 bits per heavy atom. The zero-order valence-corrected chi connectivity index (χ0v) is 12.2. The van der Waals surface area contributed by atoms with Crippen molar-refractivity contribution in [2.75, 3.05) is 5.32 Å². The number of hydrogen-bond acceptors (Lipinski definition) is 4. The molecule has 24 heavy (non-hydrogen) atoms. The van der Waals surface area contributed by atoms with E-state index in [-0.39, 0.29) is 11.3 Å². The van der Waals surface area contributed by atoms with Crippen LogP contribution in [0.2, 0.25) is 0 Å². The monoisotopic (exact) mass is 325 g/mol. The van der Waals surface area contributed by atoms with Gasteiger partial charge in [-0.05, 0) is 30.3 Å². The molecule has 2 aromatic carbocycles. The standard InChI is InChI=1S/C16H11N3O5/c20-15(12-3-1-2-4-14(12)19(23)24)17-11-5-6-13-10(9-11)7-8-18(13)16(21)22/h1-9H,(H,17,20)(H,21,22). The van der Waals surface area contributed by atoms with Crippen molar-refractivity contribution in [3.8, 4) is 0 Å². The molecule has 0 saturated carbocycles. The summed E-state index contributed by atoms with van der Waals surface area (Å²) in [5.41, 5.74) is 0.554. The minimum atomic E-state index is -1.11. The number of carbonyl (C=O) groups excluding carboxylic acids is 1. The number of nitro benzene ring substituents is 1. The first-order chi connectivity index (χ1) is 11.5. The van der Waals surface area contributed by atoms with Crippen LogP contribution < -0.4 is 5.32 Å². The highest BCUT2D eigenvalue weighted by atomic mass is 16.6. The van der Waals surface area contributed by atoms with Crippen molar-refractivity contribution in [1.82, 2.24) is 4.57 Å². The molecule has 0 radical (unpaired) electrons. The molecule has 0 atom stereocenters. The van der Waals surface area contributed by atoms with Gasteiger partial charge in [-0.15, -0.1) is 0 Å². The van der Waals surface area contributed by atoms with Crippen LogP contribution >= 0.6 is 0 Å². The van der Waals surface area contributed by atoms with Crippen LogP contribution in [0.4, 0.5) is 16.2 Å². The predicted molar refractivity (Wildman–Crippen MR) is 86.4 cm³/mol. The molecule has 0 aliphatic heterocycles. The first-order valence-electron chi connectivity index (χ1n) is 6.86. The van der Waals surface area contributed by atoms with Crippen molar-refractivity contribution < 1.29 is 19.6 Å². The van der Waals surface area contributed by atoms with E-state index >= 15 is 0 Å². The molecular weight excluding hydrogens is 314 g/mol. The lowest BCUT2D eigenvalue weighted by atomic mass is 10.1. The highest BCUT2D eigenvalue weighted by molar-refractivity contribution is 6.07. The average molecular weight is 325 g/mol. The normalized spacial score (nSPS) is 10.5. The van der Waals surface area contributed by atoms with E-state index in [9.17, 15) is 19.7 Å². The molecule has 8 heteroatoms. The third kappa shape index (κ3) is 2.68. The average Bonchev–Trinajstić information content (AvgIpc) is 2.98. The molecule has 1 aromatic heterocycles. The first-order valence-corrected chi connectivity index (χ1v) is 6.86. The number of carbonyl (C=O) groups is 2. The predicted octanol–water partition coefficient (Wildman–Crippen LogP) is 3.33. The number of rotatable bonds is 3. The summed E-state index contributed by atoms with van der Waals surface area (Å²) in [4.78, 5) is 33.7. The van der Waals surface area contributed by atoms with Gasteiger partial charge in [-0.1, -0.05) is 12.1 Å². The fourth-order valence-corrected chi connectivity index (χ4v) is 2.41. The second-order valence-corrected chi connectivity index (χ2v) is 4.97. The van der Waals surface area contributed by atoms with Gasteiger partial charge in [0, 0.05) is 23.3 Å². The van der Waals surface area contributed by atoms with E-state index in [1.54, 1.807) is 18.2 Å². The number of nitrogens with one attached hydrogen (secondary N) is 1. The minimum absolute atomic E-state index is 0.0503. The molecule has 120 valence electrons. The van der Waals surface area contributed by atoms with Crippen LogP contribution in [0.1, 0.15) is 10.4 Å². The van der Waals surface area contributed by atoms with Crippen molar-refractivity contribution in [2.24, 2.45) is 0 Å². The zero-order chi connectivity index (χ0) is 17.3. The third-order valence-electron chi connectivity index (χ3n) is 3.50. The molecule has 1 amide bonds. The molecule has 2 N–H and O–H groups in total. The molecule has 8 nitrogen and oxygen atoms in total. The minimum Gasteiger partial charge on any atom is -0.464 e. The molecule has 3 rings (SSSR count). The molecule has 1 heterocycles. The maximum absolute atomic E-state index is 12.3. The number of nitrogens with zero attached hydrogens (tertiary/aromatic N) is 2. The second kappa shape index (κ2) is 5.84. The zero-order valence-electron chi connectivity index (χ0n) is 12.2. The highest BCUT2D eigenvalue weighted by Gasteiger charge is 2.19. The van der Waals surface area contributed by atoms with Crippen LogP contribution in [0, 0.1) is 10.1 Å². The summed E-state index contributed by atoms with van der Waals surface area (Å²) in [5, 5.41) is 23.2. The van der Waals surface area contributed by atoms with Crippen LogP contribution in [-0.2, 0) is 0 Å². The molecule has 0 aliphatic carbocycles. The Kier molecular flexibility index (Phi) is 3.70. The molecular formula is C16H11N3O5. The number of fused-ring (bicyclic) bond motifs is 1. The summed E-state index contributed by atoms with van der Waals surface area (Å²) >= 11 is 0. The van der Waals surface area contributed by atoms with Crippen LogP contribution in [0.15, 0.2) is 54.7 Å². The van der Waals surface area contributed by atoms with E-state index in [1.807, 2.05) is 0 Å². The summed E-state index contributed by atoms with van der Waals surface area (Å²) in [6.07, 6.45) is 0.294. The summed E-state index contributed by atoms with van der Waals surface area (Å²) in [7, 11) is 0. The van der Waals surface area contributed by atoms with Gasteiger partial charge in [0.2, 0.25) is 0 Å². The number of para-hydroxylation sites is 1. The molecule has 0 aliphatic rings. The summed E-state index contributed by atoms with van der Waals surface area (Å²) in [6.45, 7) is 0. The third-order valence-corrected chi connectivity index (χ3v) is 3.50. The fourth-order valence-electron chi connectivity index (χ4n) is 2.41. The number of anilines is 1. The van der Waals surface area contributed by atoms with Gasteiger partial charge >= 0.3 is 6.09 Å². The van der Waals surface area contributed by atoms with E-state index in [2.05, 4.69) is 5.32 Å². The Bertz CT molecular complexity index is 977. The van der Waals surface area contributed by atoms with Crippen LogP contribution in [0.3, 0.4) is 0 Å². The van der Waals surface area contributed by atoms with E-state index in [0.717, 1.165) is 4.57 Å². The Morgan fingerprint density at radius 1 is 1.12 bits per heavy atom. The Morgan fingerprint density at radius 3 is 2.58 bits per heavy atom. The number of benzene rings is 2. The second-order valence-electron chi connectivity index (χ2n) is 4.97. The lowest BCUT2D eigenvalue weighted by Gasteiger charge is -2.06. The van der Waals surface area contributed by atoms with Gasteiger partial charge in [0.25, 0.3) is 11.6 Å². The van der Waals surface area contributed by atoms with Crippen molar-refractivity contribution in [3.63, 3.8) is 0 Å². The summed E-state index contributed by atoms with van der Waals surface area (Å²) in [6, 6.07) is 11.9. The Hall–Kier alpha value is -3.68.